The van der Waals surface area contributed by atoms with Crippen molar-refractivity contribution in [1.29, 1.82) is 0 Å². The summed E-state index contributed by atoms with van der Waals surface area (Å²) in [4.78, 5) is 4.26. The van der Waals surface area contributed by atoms with Crippen molar-refractivity contribution in [2.75, 3.05) is 0 Å². The van der Waals surface area contributed by atoms with Crippen molar-refractivity contribution in [3.8, 4) is 0 Å². The molecule has 1 aliphatic rings. The van der Waals surface area contributed by atoms with Crippen LogP contribution in [-0.2, 0) is 6.42 Å². The van der Waals surface area contributed by atoms with Crippen molar-refractivity contribution in [2.45, 2.75) is 38.1 Å². The first-order chi connectivity index (χ1) is 8.25. The fraction of sp³-hybridized carbons (Fsp3) is 0.429. The van der Waals surface area contributed by atoms with Crippen molar-refractivity contribution < 1.29 is 0 Å². The van der Waals surface area contributed by atoms with Gasteiger partial charge in [-0.25, -0.2) is 0 Å². The Balaban J connectivity index is 1.91. The zero-order valence-corrected chi connectivity index (χ0v) is 11.6. The molecule has 0 saturated carbocycles. The van der Waals surface area contributed by atoms with Gasteiger partial charge in [0.2, 0.25) is 0 Å². The van der Waals surface area contributed by atoms with Gasteiger partial charge in [0.25, 0.3) is 0 Å². The van der Waals surface area contributed by atoms with Gasteiger partial charge >= 0.3 is 0 Å². The molecule has 2 aromatic heterocycles. The molecule has 0 aliphatic heterocycles. The molecule has 1 nitrogen and oxygen atoms in total. The second-order valence-corrected chi connectivity index (χ2v) is 7.09. The van der Waals surface area contributed by atoms with Crippen LogP contribution in [0.3, 0.4) is 0 Å². The van der Waals surface area contributed by atoms with Crippen LogP contribution in [0.25, 0.3) is 0 Å². The summed E-state index contributed by atoms with van der Waals surface area (Å²) in [5, 5.41) is 2.22. The molecule has 2 heterocycles. The highest BCUT2D eigenvalue weighted by atomic mass is 32.1. The first-order valence-electron chi connectivity index (χ1n) is 6.14. The molecular weight excluding hydrogens is 246 g/mol. The van der Waals surface area contributed by atoms with Crippen LogP contribution in [0, 0.1) is 6.92 Å². The summed E-state index contributed by atoms with van der Waals surface area (Å²) in [6.07, 6.45) is 3.78. The molecule has 0 bridgehead atoms. The highest BCUT2D eigenvalue weighted by molar-refractivity contribution is 7.12. The molecule has 0 fully saturated rings. The Labute approximate surface area is 110 Å². The van der Waals surface area contributed by atoms with Gasteiger partial charge in [0, 0.05) is 26.6 Å². The van der Waals surface area contributed by atoms with Crippen LogP contribution < -0.4 is 5.73 Å². The van der Waals surface area contributed by atoms with E-state index < -0.39 is 0 Å². The average Bonchev–Trinajstić information content (AvgIpc) is 2.95. The molecular formula is C14H17NS2. The van der Waals surface area contributed by atoms with E-state index in [1.165, 1.54) is 34.6 Å². The lowest BCUT2D eigenvalue weighted by Crippen LogP contribution is -2.21. The number of aryl methyl sites for hydroxylation is 2. The predicted molar refractivity (Wildman–Crippen MR) is 76.0 cm³/mol. The molecule has 2 unspecified atom stereocenters. The van der Waals surface area contributed by atoms with Gasteiger partial charge in [-0.1, -0.05) is 0 Å². The van der Waals surface area contributed by atoms with E-state index in [4.69, 9.17) is 5.73 Å². The van der Waals surface area contributed by atoms with E-state index >= 15 is 0 Å². The maximum atomic E-state index is 6.47. The van der Waals surface area contributed by atoms with E-state index in [0.29, 0.717) is 5.92 Å². The van der Waals surface area contributed by atoms with Gasteiger partial charge in [0.1, 0.15) is 0 Å². The minimum atomic E-state index is 0.183. The van der Waals surface area contributed by atoms with Crippen LogP contribution in [0.4, 0.5) is 0 Å². The van der Waals surface area contributed by atoms with Gasteiger partial charge in [-0.05, 0) is 55.3 Å². The average molecular weight is 263 g/mol. The van der Waals surface area contributed by atoms with E-state index in [1.54, 1.807) is 4.88 Å². The van der Waals surface area contributed by atoms with Crippen LogP contribution in [0.1, 0.15) is 45.0 Å². The predicted octanol–water partition coefficient (Wildman–Crippen LogP) is 4.24. The lowest BCUT2D eigenvalue weighted by Gasteiger charge is -2.27. The van der Waals surface area contributed by atoms with Crippen molar-refractivity contribution in [1.82, 2.24) is 0 Å². The fourth-order valence-corrected chi connectivity index (χ4v) is 4.67. The Morgan fingerprint density at radius 2 is 2.24 bits per heavy atom. The molecule has 3 heteroatoms. The third kappa shape index (κ3) is 2.07. The number of rotatable bonds is 2. The Hall–Kier alpha value is -0.640. The van der Waals surface area contributed by atoms with Crippen LogP contribution in [0.15, 0.2) is 23.6 Å². The number of thiophene rings is 2. The van der Waals surface area contributed by atoms with Gasteiger partial charge in [-0.15, -0.1) is 22.7 Å². The summed E-state index contributed by atoms with van der Waals surface area (Å²) < 4.78 is 0. The summed E-state index contributed by atoms with van der Waals surface area (Å²) in [6, 6.07) is 6.84. The van der Waals surface area contributed by atoms with Gasteiger partial charge < -0.3 is 5.73 Å². The van der Waals surface area contributed by atoms with Crippen LogP contribution in [0.5, 0.6) is 0 Å². The van der Waals surface area contributed by atoms with Crippen molar-refractivity contribution >= 4 is 22.7 Å². The molecule has 90 valence electrons. The number of hydrogen-bond acceptors (Lipinski definition) is 3. The summed E-state index contributed by atoms with van der Waals surface area (Å²) in [7, 11) is 0. The number of nitrogens with two attached hydrogens (primary N) is 1. The van der Waals surface area contributed by atoms with E-state index in [1.807, 2.05) is 22.7 Å². The third-order valence-corrected chi connectivity index (χ3v) is 5.72. The van der Waals surface area contributed by atoms with Crippen molar-refractivity contribution in [2.24, 2.45) is 5.73 Å². The SMILES string of the molecule is Cc1ccc(C(N)C2CCCc3sccc32)s1. The molecule has 2 N–H and O–H groups in total. The summed E-state index contributed by atoms with van der Waals surface area (Å²) in [5.41, 5.74) is 7.99. The van der Waals surface area contributed by atoms with Crippen LogP contribution in [-0.4, -0.2) is 0 Å². The van der Waals surface area contributed by atoms with Crippen molar-refractivity contribution in [3.05, 3.63) is 43.8 Å². The highest BCUT2D eigenvalue weighted by Gasteiger charge is 2.27. The normalized spacial score (nSPS) is 21.2. The molecule has 3 rings (SSSR count). The lowest BCUT2D eigenvalue weighted by atomic mass is 9.82. The summed E-state index contributed by atoms with van der Waals surface area (Å²) >= 11 is 3.74. The molecule has 17 heavy (non-hydrogen) atoms. The molecule has 1 aliphatic carbocycles. The first kappa shape index (κ1) is 11.5. The van der Waals surface area contributed by atoms with Gasteiger partial charge in [0.05, 0.1) is 0 Å². The zero-order chi connectivity index (χ0) is 11.8. The minimum absolute atomic E-state index is 0.183. The summed E-state index contributed by atoms with van der Waals surface area (Å²) in [6.45, 7) is 2.15. The van der Waals surface area contributed by atoms with E-state index in [9.17, 15) is 0 Å². The standard InChI is InChI=1S/C14H17NS2/c1-9-5-6-13(17-9)14(15)11-3-2-4-12-10(11)7-8-16-12/h5-8,11,14H,2-4,15H2,1H3. The number of fused-ring (bicyclic) bond motifs is 1. The maximum Gasteiger partial charge on any atom is 0.0459 e. The van der Waals surface area contributed by atoms with Crippen LogP contribution >= 0.6 is 22.7 Å². The third-order valence-electron chi connectivity index (χ3n) is 3.62. The highest BCUT2D eigenvalue weighted by Crippen LogP contribution is 2.42. The zero-order valence-electron chi connectivity index (χ0n) is 9.98. The van der Waals surface area contributed by atoms with E-state index in [-0.39, 0.29) is 6.04 Å². The Bertz CT molecular complexity index is 512. The molecule has 0 radical (unpaired) electrons. The second-order valence-electron chi connectivity index (χ2n) is 4.77. The van der Waals surface area contributed by atoms with E-state index in [0.717, 1.165) is 0 Å². The molecule has 2 aromatic rings. The largest absolute Gasteiger partial charge is 0.323 e. The first-order valence-corrected chi connectivity index (χ1v) is 7.83. The fourth-order valence-electron chi connectivity index (χ4n) is 2.73. The van der Waals surface area contributed by atoms with E-state index in [2.05, 4.69) is 30.5 Å². The smallest absolute Gasteiger partial charge is 0.0459 e. The Morgan fingerprint density at radius 1 is 1.35 bits per heavy atom. The molecule has 0 aromatic carbocycles. The molecule has 2 atom stereocenters. The Kier molecular flexibility index (Phi) is 3.07. The van der Waals surface area contributed by atoms with Gasteiger partial charge in [0.15, 0.2) is 0 Å². The van der Waals surface area contributed by atoms with Crippen LogP contribution in [0.2, 0.25) is 0 Å². The van der Waals surface area contributed by atoms with Gasteiger partial charge in [-0.3, -0.25) is 0 Å². The molecule has 0 saturated heterocycles. The molecule has 0 spiro atoms. The maximum absolute atomic E-state index is 6.47. The second kappa shape index (κ2) is 4.56. The monoisotopic (exact) mass is 263 g/mol. The number of hydrogen-bond donors (Lipinski definition) is 1. The topological polar surface area (TPSA) is 26.0 Å². The Morgan fingerprint density at radius 3 is 3.00 bits per heavy atom. The quantitative estimate of drug-likeness (QED) is 0.861. The van der Waals surface area contributed by atoms with Gasteiger partial charge in [-0.2, -0.15) is 0 Å². The lowest BCUT2D eigenvalue weighted by molar-refractivity contribution is 0.484. The summed E-state index contributed by atoms with van der Waals surface area (Å²) in [5.74, 6) is 0.531. The molecule has 0 amide bonds. The minimum Gasteiger partial charge on any atom is -0.323 e. The van der Waals surface area contributed by atoms with Crippen molar-refractivity contribution in [3.63, 3.8) is 0 Å².